The van der Waals surface area contributed by atoms with Crippen LogP contribution in [0.5, 0.6) is 5.75 Å². The Morgan fingerprint density at radius 2 is 1.88 bits per heavy atom. The summed E-state index contributed by atoms with van der Waals surface area (Å²) < 4.78 is 5.53. The topological polar surface area (TPSA) is 32.7 Å². The van der Waals surface area contributed by atoms with Gasteiger partial charge in [0, 0.05) is 20.2 Å². The van der Waals surface area contributed by atoms with E-state index in [9.17, 15) is 0 Å². The summed E-state index contributed by atoms with van der Waals surface area (Å²) in [7, 11) is 3.75. The standard InChI is InChI=1S/C14H23NO2/c1-10-9-11(2)13(14(17-5)12(10)3)15(4)7-6-8-16/h9,16H,6-8H2,1-5H3. The number of anilines is 1. The predicted molar refractivity (Wildman–Crippen MR) is 72.2 cm³/mol. The first kappa shape index (κ1) is 13.8. The lowest BCUT2D eigenvalue weighted by Gasteiger charge is -2.25. The van der Waals surface area contributed by atoms with E-state index in [4.69, 9.17) is 9.84 Å². The summed E-state index contributed by atoms with van der Waals surface area (Å²) in [5.41, 5.74) is 4.78. The highest BCUT2D eigenvalue weighted by Crippen LogP contribution is 2.36. The van der Waals surface area contributed by atoms with Gasteiger partial charge in [-0.2, -0.15) is 0 Å². The second kappa shape index (κ2) is 5.92. The maximum Gasteiger partial charge on any atom is 0.145 e. The minimum Gasteiger partial charge on any atom is -0.494 e. The molecular formula is C14H23NO2. The number of hydrogen-bond donors (Lipinski definition) is 1. The fourth-order valence-corrected chi connectivity index (χ4v) is 2.18. The molecule has 0 aromatic heterocycles. The van der Waals surface area contributed by atoms with Gasteiger partial charge in [0.15, 0.2) is 0 Å². The number of aryl methyl sites for hydroxylation is 2. The van der Waals surface area contributed by atoms with Crippen LogP contribution in [0.1, 0.15) is 23.1 Å². The van der Waals surface area contributed by atoms with Gasteiger partial charge in [0.05, 0.1) is 12.8 Å². The first-order valence-corrected chi connectivity index (χ1v) is 5.99. The van der Waals surface area contributed by atoms with E-state index in [1.54, 1.807) is 7.11 Å². The van der Waals surface area contributed by atoms with Gasteiger partial charge >= 0.3 is 0 Å². The Balaban J connectivity index is 3.17. The molecule has 1 aromatic carbocycles. The molecule has 0 aliphatic carbocycles. The van der Waals surface area contributed by atoms with E-state index in [1.807, 2.05) is 7.05 Å². The number of hydrogen-bond acceptors (Lipinski definition) is 3. The van der Waals surface area contributed by atoms with Crippen LogP contribution in [-0.4, -0.2) is 32.4 Å². The molecule has 1 aromatic rings. The number of aliphatic hydroxyl groups excluding tert-OH is 1. The van der Waals surface area contributed by atoms with Crippen molar-refractivity contribution >= 4 is 5.69 Å². The van der Waals surface area contributed by atoms with E-state index in [0.29, 0.717) is 0 Å². The van der Waals surface area contributed by atoms with Crippen molar-refractivity contribution in [3.8, 4) is 5.75 Å². The fourth-order valence-electron chi connectivity index (χ4n) is 2.18. The summed E-state index contributed by atoms with van der Waals surface area (Å²) in [5.74, 6) is 0.947. The molecule has 96 valence electrons. The van der Waals surface area contributed by atoms with Crippen LogP contribution in [-0.2, 0) is 0 Å². The molecule has 3 nitrogen and oxygen atoms in total. The smallest absolute Gasteiger partial charge is 0.145 e. The van der Waals surface area contributed by atoms with Crippen molar-refractivity contribution in [3.63, 3.8) is 0 Å². The van der Waals surface area contributed by atoms with Gasteiger partial charge in [-0.1, -0.05) is 6.07 Å². The molecular weight excluding hydrogens is 214 g/mol. The molecule has 0 unspecified atom stereocenters. The second-order valence-electron chi connectivity index (χ2n) is 4.52. The van der Waals surface area contributed by atoms with Crippen LogP contribution in [0.4, 0.5) is 5.69 Å². The van der Waals surface area contributed by atoms with Crippen LogP contribution in [0.25, 0.3) is 0 Å². The van der Waals surface area contributed by atoms with Crippen molar-refractivity contribution in [2.45, 2.75) is 27.2 Å². The Hall–Kier alpha value is -1.22. The molecule has 17 heavy (non-hydrogen) atoms. The average molecular weight is 237 g/mol. The first-order valence-electron chi connectivity index (χ1n) is 5.99. The summed E-state index contributed by atoms with van der Waals surface area (Å²) in [6.07, 6.45) is 0.770. The van der Waals surface area contributed by atoms with Crippen molar-refractivity contribution in [3.05, 3.63) is 22.8 Å². The molecule has 0 saturated heterocycles. The normalized spacial score (nSPS) is 10.5. The molecule has 0 spiro atoms. The number of rotatable bonds is 5. The first-order chi connectivity index (χ1) is 8.02. The molecule has 0 aliphatic rings. The summed E-state index contributed by atoms with van der Waals surface area (Å²) in [5, 5.41) is 8.90. The number of methoxy groups -OCH3 is 1. The summed E-state index contributed by atoms with van der Waals surface area (Å²) in [6.45, 7) is 7.33. The highest BCUT2D eigenvalue weighted by atomic mass is 16.5. The van der Waals surface area contributed by atoms with Gasteiger partial charge in [-0.25, -0.2) is 0 Å². The highest BCUT2D eigenvalue weighted by Gasteiger charge is 2.15. The molecule has 0 fully saturated rings. The van der Waals surface area contributed by atoms with Crippen molar-refractivity contribution in [1.82, 2.24) is 0 Å². The minimum absolute atomic E-state index is 0.219. The van der Waals surface area contributed by atoms with Gasteiger partial charge in [-0.05, 0) is 43.9 Å². The van der Waals surface area contributed by atoms with E-state index in [0.717, 1.165) is 24.4 Å². The maximum absolute atomic E-state index is 8.90. The molecule has 3 heteroatoms. The zero-order valence-corrected chi connectivity index (χ0v) is 11.5. The lowest BCUT2D eigenvalue weighted by Crippen LogP contribution is -2.21. The minimum atomic E-state index is 0.219. The quantitative estimate of drug-likeness (QED) is 0.853. The SMILES string of the molecule is COc1c(C)c(C)cc(C)c1N(C)CCCO. The van der Waals surface area contributed by atoms with E-state index >= 15 is 0 Å². The molecule has 1 N–H and O–H groups in total. The lowest BCUT2D eigenvalue weighted by atomic mass is 10.0. The Morgan fingerprint density at radius 3 is 2.41 bits per heavy atom. The van der Waals surface area contributed by atoms with E-state index in [2.05, 4.69) is 31.7 Å². The maximum atomic E-state index is 8.90. The zero-order valence-electron chi connectivity index (χ0n) is 11.5. The number of benzene rings is 1. The Kier molecular flexibility index (Phi) is 4.82. The Morgan fingerprint density at radius 1 is 1.24 bits per heavy atom. The van der Waals surface area contributed by atoms with Gasteiger partial charge in [0.2, 0.25) is 0 Å². The van der Waals surface area contributed by atoms with Crippen LogP contribution in [0.3, 0.4) is 0 Å². The van der Waals surface area contributed by atoms with Crippen LogP contribution < -0.4 is 9.64 Å². The number of nitrogens with zero attached hydrogens (tertiary/aromatic N) is 1. The van der Waals surface area contributed by atoms with Crippen LogP contribution in [0.15, 0.2) is 6.07 Å². The van der Waals surface area contributed by atoms with Gasteiger partial charge < -0.3 is 14.7 Å². The molecule has 0 atom stereocenters. The van der Waals surface area contributed by atoms with Crippen LogP contribution in [0, 0.1) is 20.8 Å². The fraction of sp³-hybridized carbons (Fsp3) is 0.571. The molecule has 0 radical (unpaired) electrons. The molecule has 0 saturated carbocycles. The second-order valence-corrected chi connectivity index (χ2v) is 4.52. The Bertz CT molecular complexity index is 388. The number of ether oxygens (including phenoxy) is 1. The summed E-state index contributed by atoms with van der Waals surface area (Å²) in [6, 6.07) is 2.18. The van der Waals surface area contributed by atoms with Crippen molar-refractivity contribution in [2.75, 3.05) is 32.2 Å². The molecule has 0 amide bonds. The van der Waals surface area contributed by atoms with Crippen molar-refractivity contribution in [1.29, 1.82) is 0 Å². The van der Waals surface area contributed by atoms with Gasteiger partial charge in [-0.15, -0.1) is 0 Å². The van der Waals surface area contributed by atoms with Gasteiger partial charge in [0.25, 0.3) is 0 Å². The molecule has 0 aliphatic heterocycles. The van der Waals surface area contributed by atoms with Crippen molar-refractivity contribution < 1.29 is 9.84 Å². The highest BCUT2D eigenvalue weighted by molar-refractivity contribution is 5.67. The predicted octanol–water partition coefficient (Wildman–Crippen LogP) is 2.44. The third-order valence-electron chi connectivity index (χ3n) is 3.19. The average Bonchev–Trinajstić information content (AvgIpc) is 2.30. The molecule has 1 rings (SSSR count). The van der Waals surface area contributed by atoms with Crippen LogP contribution in [0.2, 0.25) is 0 Å². The molecule has 0 bridgehead atoms. The van der Waals surface area contributed by atoms with E-state index in [-0.39, 0.29) is 6.61 Å². The van der Waals surface area contributed by atoms with E-state index in [1.165, 1.54) is 16.7 Å². The Labute approximate surface area is 104 Å². The number of aliphatic hydroxyl groups is 1. The summed E-state index contributed by atoms with van der Waals surface area (Å²) in [4.78, 5) is 2.15. The third kappa shape index (κ3) is 2.91. The van der Waals surface area contributed by atoms with E-state index < -0.39 is 0 Å². The monoisotopic (exact) mass is 237 g/mol. The zero-order chi connectivity index (χ0) is 13.0. The molecule has 0 heterocycles. The largest absolute Gasteiger partial charge is 0.494 e. The van der Waals surface area contributed by atoms with Crippen molar-refractivity contribution in [2.24, 2.45) is 0 Å². The third-order valence-corrected chi connectivity index (χ3v) is 3.19. The van der Waals surface area contributed by atoms with Crippen LogP contribution >= 0.6 is 0 Å². The van der Waals surface area contributed by atoms with Gasteiger partial charge in [0.1, 0.15) is 5.75 Å². The lowest BCUT2D eigenvalue weighted by molar-refractivity contribution is 0.290. The van der Waals surface area contributed by atoms with Gasteiger partial charge in [-0.3, -0.25) is 0 Å². The summed E-state index contributed by atoms with van der Waals surface area (Å²) >= 11 is 0.